The Morgan fingerprint density at radius 2 is 1.95 bits per heavy atom. The van der Waals surface area contributed by atoms with Crippen LogP contribution in [-0.2, 0) is 13.0 Å². The summed E-state index contributed by atoms with van der Waals surface area (Å²) in [6.07, 6.45) is 2.28. The first-order valence-corrected chi connectivity index (χ1v) is 7.53. The van der Waals surface area contributed by atoms with Gasteiger partial charge in [-0.2, -0.15) is 5.10 Å². The summed E-state index contributed by atoms with van der Waals surface area (Å²) in [4.78, 5) is 0. The Morgan fingerprint density at radius 1 is 1.20 bits per heavy atom. The summed E-state index contributed by atoms with van der Waals surface area (Å²) < 4.78 is 0. The number of rotatable bonds is 7. The molecular formula is C17H25N3. The molecule has 0 radical (unpaired) electrons. The fraction of sp³-hybridized carbons (Fsp3) is 0.471. The predicted octanol–water partition coefficient (Wildman–Crippen LogP) is 3.77. The van der Waals surface area contributed by atoms with Gasteiger partial charge >= 0.3 is 0 Å². The standard InChI is InChI=1S/C17H25N3/c1-4-9-18-12-16-11-17(20-19-16)15-7-5-14(6-8-15)10-13(2)3/h5-8,11,13,18H,4,9-10,12H2,1-3H3,(H,19,20). The third-order valence-corrected chi connectivity index (χ3v) is 3.27. The molecule has 0 saturated carbocycles. The number of benzene rings is 1. The van der Waals surface area contributed by atoms with Crippen LogP contribution in [0.25, 0.3) is 11.3 Å². The third kappa shape index (κ3) is 4.20. The lowest BCUT2D eigenvalue weighted by Gasteiger charge is -2.05. The maximum Gasteiger partial charge on any atom is 0.0924 e. The molecule has 2 N–H and O–H groups in total. The largest absolute Gasteiger partial charge is 0.311 e. The fourth-order valence-corrected chi connectivity index (χ4v) is 2.28. The van der Waals surface area contributed by atoms with Crippen LogP contribution in [0.3, 0.4) is 0 Å². The van der Waals surface area contributed by atoms with Gasteiger partial charge in [0.05, 0.1) is 5.69 Å². The van der Waals surface area contributed by atoms with Gasteiger partial charge in [-0.25, -0.2) is 0 Å². The molecule has 3 heteroatoms. The summed E-state index contributed by atoms with van der Waals surface area (Å²) in [7, 11) is 0. The third-order valence-electron chi connectivity index (χ3n) is 3.27. The maximum atomic E-state index is 4.39. The van der Waals surface area contributed by atoms with Crippen molar-refractivity contribution in [3.63, 3.8) is 0 Å². The van der Waals surface area contributed by atoms with Gasteiger partial charge in [0.25, 0.3) is 0 Å². The van der Waals surface area contributed by atoms with Crippen LogP contribution in [0.2, 0.25) is 0 Å². The molecule has 2 rings (SSSR count). The number of H-pyrrole nitrogens is 1. The van der Waals surface area contributed by atoms with Crippen molar-refractivity contribution in [3.8, 4) is 11.3 Å². The molecule has 0 amide bonds. The van der Waals surface area contributed by atoms with Gasteiger partial charge in [-0.05, 0) is 36.9 Å². The summed E-state index contributed by atoms with van der Waals surface area (Å²) in [5, 5.41) is 10.9. The van der Waals surface area contributed by atoms with Crippen LogP contribution >= 0.6 is 0 Å². The van der Waals surface area contributed by atoms with E-state index in [9.17, 15) is 0 Å². The highest BCUT2D eigenvalue weighted by atomic mass is 15.1. The van der Waals surface area contributed by atoms with Crippen LogP contribution in [0, 0.1) is 5.92 Å². The van der Waals surface area contributed by atoms with Crippen LogP contribution in [0.4, 0.5) is 0 Å². The average molecular weight is 271 g/mol. The molecule has 1 aromatic carbocycles. The van der Waals surface area contributed by atoms with Crippen LogP contribution in [0.1, 0.15) is 38.4 Å². The Labute approximate surface area is 121 Å². The van der Waals surface area contributed by atoms with Gasteiger partial charge in [0.2, 0.25) is 0 Å². The molecule has 0 saturated heterocycles. The van der Waals surface area contributed by atoms with E-state index in [1.54, 1.807) is 0 Å². The molecule has 0 unspecified atom stereocenters. The molecule has 108 valence electrons. The number of hydrogen-bond acceptors (Lipinski definition) is 2. The topological polar surface area (TPSA) is 40.7 Å². The molecular weight excluding hydrogens is 246 g/mol. The van der Waals surface area contributed by atoms with E-state index in [4.69, 9.17) is 0 Å². The Morgan fingerprint density at radius 3 is 2.60 bits per heavy atom. The van der Waals surface area contributed by atoms with Gasteiger partial charge in [0, 0.05) is 17.8 Å². The Hall–Kier alpha value is -1.61. The van der Waals surface area contributed by atoms with Gasteiger partial charge < -0.3 is 5.32 Å². The molecule has 0 aliphatic rings. The summed E-state index contributed by atoms with van der Waals surface area (Å²) >= 11 is 0. The van der Waals surface area contributed by atoms with Gasteiger partial charge in [-0.3, -0.25) is 5.10 Å². The van der Waals surface area contributed by atoms with Crippen molar-refractivity contribution in [1.29, 1.82) is 0 Å². The molecule has 3 nitrogen and oxygen atoms in total. The van der Waals surface area contributed by atoms with E-state index in [1.165, 1.54) is 11.1 Å². The van der Waals surface area contributed by atoms with Crippen molar-refractivity contribution in [2.45, 2.75) is 40.2 Å². The van der Waals surface area contributed by atoms with Crippen molar-refractivity contribution in [2.24, 2.45) is 5.92 Å². The van der Waals surface area contributed by atoms with Gasteiger partial charge in [0.1, 0.15) is 0 Å². The van der Waals surface area contributed by atoms with E-state index < -0.39 is 0 Å². The van der Waals surface area contributed by atoms with Crippen LogP contribution < -0.4 is 5.32 Å². The van der Waals surface area contributed by atoms with E-state index in [0.29, 0.717) is 5.92 Å². The van der Waals surface area contributed by atoms with Crippen LogP contribution in [-0.4, -0.2) is 16.7 Å². The molecule has 1 heterocycles. The maximum absolute atomic E-state index is 4.39. The molecule has 0 spiro atoms. The summed E-state index contributed by atoms with van der Waals surface area (Å²) in [6, 6.07) is 10.9. The van der Waals surface area contributed by atoms with Crippen molar-refractivity contribution < 1.29 is 0 Å². The zero-order chi connectivity index (χ0) is 14.4. The van der Waals surface area contributed by atoms with Crippen molar-refractivity contribution in [2.75, 3.05) is 6.54 Å². The lowest BCUT2D eigenvalue weighted by atomic mass is 10.0. The second-order valence-corrected chi connectivity index (χ2v) is 5.75. The smallest absolute Gasteiger partial charge is 0.0924 e. The Kier molecular flexibility index (Phi) is 5.36. The van der Waals surface area contributed by atoms with E-state index >= 15 is 0 Å². The number of nitrogens with one attached hydrogen (secondary N) is 2. The van der Waals surface area contributed by atoms with E-state index in [1.807, 2.05) is 0 Å². The number of hydrogen-bond donors (Lipinski definition) is 2. The highest BCUT2D eigenvalue weighted by Crippen LogP contribution is 2.19. The van der Waals surface area contributed by atoms with E-state index in [0.717, 1.165) is 37.3 Å². The first kappa shape index (κ1) is 14.8. The zero-order valence-corrected chi connectivity index (χ0v) is 12.7. The molecule has 2 aromatic rings. The Bertz CT molecular complexity index is 511. The number of aromatic amines is 1. The Balaban J connectivity index is 2.00. The highest BCUT2D eigenvalue weighted by molar-refractivity contribution is 5.59. The molecule has 0 atom stereocenters. The van der Waals surface area contributed by atoms with Crippen LogP contribution in [0.5, 0.6) is 0 Å². The second-order valence-electron chi connectivity index (χ2n) is 5.75. The first-order valence-electron chi connectivity index (χ1n) is 7.53. The average Bonchev–Trinajstić information content (AvgIpc) is 2.88. The van der Waals surface area contributed by atoms with Gasteiger partial charge in [-0.1, -0.05) is 45.0 Å². The fourth-order valence-electron chi connectivity index (χ4n) is 2.28. The molecule has 0 aliphatic heterocycles. The number of nitrogens with zero attached hydrogens (tertiary/aromatic N) is 1. The summed E-state index contributed by atoms with van der Waals surface area (Å²) in [5.41, 5.74) is 4.73. The molecule has 20 heavy (non-hydrogen) atoms. The van der Waals surface area contributed by atoms with Crippen molar-refractivity contribution in [3.05, 3.63) is 41.6 Å². The minimum absolute atomic E-state index is 0.697. The SMILES string of the molecule is CCCNCc1cc(-c2ccc(CC(C)C)cc2)n[nH]1. The van der Waals surface area contributed by atoms with Gasteiger partial charge in [-0.15, -0.1) is 0 Å². The lowest BCUT2D eigenvalue weighted by Crippen LogP contribution is -2.13. The van der Waals surface area contributed by atoms with Gasteiger partial charge in [0.15, 0.2) is 0 Å². The minimum Gasteiger partial charge on any atom is -0.311 e. The van der Waals surface area contributed by atoms with Crippen molar-refractivity contribution in [1.82, 2.24) is 15.5 Å². The van der Waals surface area contributed by atoms with Crippen molar-refractivity contribution >= 4 is 0 Å². The summed E-state index contributed by atoms with van der Waals surface area (Å²) in [6.45, 7) is 8.56. The second kappa shape index (κ2) is 7.25. The highest BCUT2D eigenvalue weighted by Gasteiger charge is 2.04. The minimum atomic E-state index is 0.697. The predicted molar refractivity (Wildman–Crippen MR) is 84.6 cm³/mol. The number of aromatic nitrogens is 2. The van der Waals surface area contributed by atoms with E-state index in [2.05, 4.69) is 66.6 Å². The quantitative estimate of drug-likeness (QED) is 0.752. The molecule has 1 aromatic heterocycles. The molecule has 0 bridgehead atoms. The van der Waals surface area contributed by atoms with E-state index in [-0.39, 0.29) is 0 Å². The molecule has 0 fully saturated rings. The van der Waals surface area contributed by atoms with Crippen LogP contribution in [0.15, 0.2) is 30.3 Å². The lowest BCUT2D eigenvalue weighted by molar-refractivity contribution is 0.647. The first-order chi connectivity index (χ1) is 9.69. The molecule has 0 aliphatic carbocycles. The zero-order valence-electron chi connectivity index (χ0n) is 12.7. The summed E-state index contributed by atoms with van der Waals surface area (Å²) in [5.74, 6) is 0.697. The normalized spacial score (nSPS) is 11.2. The monoisotopic (exact) mass is 271 g/mol.